The van der Waals surface area contributed by atoms with Crippen molar-refractivity contribution in [1.29, 1.82) is 0 Å². The highest BCUT2D eigenvalue weighted by Gasteiger charge is 2.04. The van der Waals surface area contributed by atoms with Gasteiger partial charge in [0.05, 0.1) is 11.9 Å². The number of nitrogens with zero attached hydrogens (tertiary/aromatic N) is 2. The molecule has 0 aliphatic heterocycles. The first kappa shape index (κ1) is 17.4. The lowest BCUT2D eigenvalue weighted by atomic mass is 10.2. The van der Waals surface area contributed by atoms with E-state index in [1.54, 1.807) is 30.7 Å². The maximum Gasteiger partial charge on any atom is 0.319 e. The number of carbonyl (C=O) groups is 1. The number of benzene rings is 1. The van der Waals surface area contributed by atoms with Crippen LogP contribution in [0.1, 0.15) is 18.1 Å². The van der Waals surface area contributed by atoms with Gasteiger partial charge in [0.15, 0.2) is 0 Å². The highest BCUT2D eigenvalue weighted by molar-refractivity contribution is 5.88. The Bertz CT molecular complexity index is 851. The first-order chi connectivity index (χ1) is 12.7. The van der Waals surface area contributed by atoms with E-state index in [-0.39, 0.29) is 6.03 Å². The molecule has 1 aromatic carbocycles. The Kier molecular flexibility index (Phi) is 5.77. The second kappa shape index (κ2) is 8.62. The molecule has 2 aromatic heterocycles. The van der Waals surface area contributed by atoms with Crippen molar-refractivity contribution in [2.45, 2.75) is 19.9 Å². The number of urea groups is 1. The van der Waals surface area contributed by atoms with Crippen molar-refractivity contribution >= 4 is 11.7 Å². The molecule has 2 heterocycles. The minimum atomic E-state index is -0.306. The lowest BCUT2D eigenvalue weighted by Crippen LogP contribution is -2.28. The molecule has 3 aromatic rings. The lowest BCUT2D eigenvalue weighted by molar-refractivity contribution is 0.251. The fourth-order valence-electron chi connectivity index (χ4n) is 2.32. The molecule has 0 saturated carbocycles. The Morgan fingerprint density at radius 2 is 1.96 bits per heavy atom. The van der Waals surface area contributed by atoms with Crippen LogP contribution < -0.4 is 15.4 Å². The third-order valence-corrected chi connectivity index (χ3v) is 3.70. The Morgan fingerprint density at radius 3 is 2.69 bits per heavy atom. The summed E-state index contributed by atoms with van der Waals surface area (Å²) in [4.78, 5) is 20.2. The van der Waals surface area contributed by atoms with Gasteiger partial charge in [-0.3, -0.25) is 4.98 Å². The molecule has 2 N–H and O–H groups in total. The van der Waals surface area contributed by atoms with Crippen LogP contribution >= 0.6 is 0 Å². The normalized spacial score (nSPS) is 10.2. The molecule has 132 valence electrons. The summed E-state index contributed by atoms with van der Waals surface area (Å²) in [6, 6.07) is 14.8. The van der Waals surface area contributed by atoms with Gasteiger partial charge in [-0.1, -0.05) is 25.1 Å². The smallest absolute Gasteiger partial charge is 0.319 e. The van der Waals surface area contributed by atoms with E-state index < -0.39 is 0 Å². The van der Waals surface area contributed by atoms with Crippen molar-refractivity contribution in [2.24, 2.45) is 0 Å². The van der Waals surface area contributed by atoms with Crippen molar-refractivity contribution in [1.82, 2.24) is 15.3 Å². The average Bonchev–Trinajstić information content (AvgIpc) is 2.69. The van der Waals surface area contributed by atoms with Crippen molar-refractivity contribution < 1.29 is 9.53 Å². The monoisotopic (exact) mass is 348 g/mol. The van der Waals surface area contributed by atoms with E-state index in [9.17, 15) is 4.79 Å². The van der Waals surface area contributed by atoms with Gasteiger partial charge in [0.25, 0.3) is 0 Å². The molecular formula is C20H20N4O2. The summed E-state index contributed by atoms with van der Waals surface area (Å²) in [6.07, 6.45) is 5.91. The fourth-order valence-corrected chi connectivity index (χ4v) is 2.32. The van der Waals surface area contributed by atoms with Crippen LogP contribution in [-0.4, -0.2) is 16.0 Å². The molecule has 0 aliphatic carbocycles. The van der Waals surface area contributed by atoms with Gasteiger partial charge in [0.1, 0.15) is 5.75 Å². The van der Waals surface area contributed by atoms with Gasteiger partial charge in [-0.15, -0.1) is 0 Å². The third-order valence-electron chi connectivity index (χ3n) is 3.70. The maximum absolute atomic E-state index is 11.9. The predicted octanol–water partition coefficient (Wildman–Crippen LogP) is 4.15. The van der Waals surface area contributed by atoms with E-state index in [0.717, 1.165) is 17.7 Å². The Balaban J connectivity index is 1.53. The van der Waals surface area contributed by atoms with E-state index in [2.05, 4.69) is 33.6 Å². The zero-order valence-corrected chi connectivity index (χ0v) is 14.5. The summed E-state index contributed by atoms with van der Waals surface area (Å²) in [6.45, 7) is 2.50. The SMILES string of the molecule is CCc1cccc(Oc2ccc(NC(=O)NCc3cccnc3)cn2)c1. The second-order valence-corrected chi connectivity index (χ2v) is 5.66. The lowest BCUT2D eigenvalue weighted by Gasteiger charge is -2.09. The number of ether oxygens (including phenoxy) is 1. The van der Waals surface area contributed by atoms with Crippen LogP contribution in [0.2, 0.25) is 0 Å². The van der Waals surface area contributed by atoms with E-state index in [4.69, 9.17) is 4.74 Å². The van der Waals surface area contributed by atoms with Crippen LogP contribution in [0.5, 0.6) is 11.6 Å². The summed E-state index contributed by atoms with van der Waals surface area (Å²) in [5.41, 5.74) is 2.72. The minimum Gasteiger partial charge on any atom is -0.439 e. The van der Waals surface area contributed by atoms with Crippen molar-refractivity contribution in [2.75, 3.05) is 5.32 Å². The molecule has 0 saturated heterocycles. The van der Waals surface area contributed by atoms with Crippen molar-refractivity contribution in [3.8, 4) is 11.6 Å². The van der Waals surface area contributed by atoms with Crippen molar-refractivity contribution in [3.63, 3.8) is 0 Å². The molecule has 6 nitrogen and oxygen atoms in total. The molecule has 0 atom stereocenters. The Hall–Kier alpha value is -3.41. The van der Waals surface area contributed by atoms with E-state index in [0.29, 0.717) is 18.1 Å². The molecule has 26 heavy (non-hydrogen) atoms. The van der Waals surface area contributed by atoms with Crippen LogP contribution in [0.4, 0.5) is 10.5 Å². The second-order valence-electron chi connectivity index (χ2n) is 5.66. The number of nitrogens with one attached hydrogen (secondary N) is 2. The number of aryl methyl sites for hydroxylation is 1. The van der Waals surface area contributed by atoms with Gasteiger partial charge in [0, 0.05) is 25.0 Å². The van der Waals surface area contributed by atoms with Crippen LogP contribution in [-0.2, 0) is 13.0 Å². The number of hydrogen-bond acceptors (Lipinski definition) is 4. The summed E-state index contributed by atoms with van der Waals surface area (Å²) in [5.74, 6) is 1.21. The zero-order valence-electron chi connectivity index (χ0n) is 14.5. The zero-order chi connectivity index (χ0) is 18.2. The average molecular weight is 348 g/mol. The van der Waals surface area contributed by atoms with Gasteiger partial charge in [-0.2, -0.15) is 0 Å². The van der Waals surface area contributed by atoms with Gasteiger partial charge in [-0.25, -0.2) is 9.78 Å². The standard InChI is InChI=1S/C20H20N4O2/c1-2-15-5-3-7-18(11-15)26-19-9-8-17(14-22-19)24-20(25)23-13-16-6-4-10-21-12-16/h3-12,14H,2,13H2,1H3,(H2,23,24,25). The number of amides is 2. The van der Waals surface area contributed by atoms with Crippen molar-refractivity contribution in [3.05, 3.63) is 78.2 Å². The number of aromatic nitrogens is 2. The molecule has 0 aliphatic rings. The number of anilines is 1. The Labute approximate surface area is 152 Å². The van der Waals surface area contributed by atoms with Crippen LogP contribution in [0, 0.1) is 0 Å². The van der Waals surface area contributed by atoms with Gasteiger partial charge >= 0.3 is 6.03 Å². The van der Waals surface area contributed by atoms with Crippen LogP contribution in [0.25, 0.3) is 0 Å². The first-order valence-corrected chi connectivity index (χ1v) is 8.39. The predicted molar refractivity (Wildman–Crippen MR) is 100 cm³/mol. The molecule has 0 radical (unpaired) electrons. The minimum absolute atomic E-state index is 0.306. The number of carbonyl (C=O) groups excluding carboxylic acids is 1. The van der Waals surface area contributed by atoms with Gasteiger partial charge < -0.3 is 15.4 Å². The van der Waals surface area contributed by atoms with E-state index >= 15 is 0 Å². The van der Waals surface area contributed by atoms with E-state index in [1.165, 1.54) is 5.56 Å². The molecule has 6 heteroatoms. The van der Waals surface area contributed by atoms with Gasteiger partial charge in [-0.05, 0) is 41.8 Å². The molecule has 2 amide bonds. The summed E-state index contributed by atoms with van der Waals surface area (Å²) in [5, 5.41) is 5.50. The number of hydrogen-bond donors (Lipinski definition) is 2. The molecule has 0 spiro atoms. The topological polar surface area (TPSA) is 76.1 Å². The number of rotatable bonds is 6. The largest absolute Gasteiger partial charge is 0.439 e. The highest BCUT2D eigenvalue weighted by Crippen LogP contribution is 2.21. The van der Waals surface area contributed by atoms with Gasteiger partial charge in [0.2, 0.25) is 5.88 Å². The molecular weight excluding hydrogens is 328 g/mol. The maximum atomic E-state index is 11.9. The Morgan fingerprint density at radius 1 is 1.08 bits per heavy atom. The third kappa shape index (κ3) is 5.04. The van der Waals surface area contributed by atoms with Crippen LogP contribution in [0.15, 0.2) is 67.1 Å². The summed E-state index contributed by atoms with van der Waals surface area (Å²) in [7, 11) is 0. The fraction of sp³-hybridized carbons (Fsp3) is 0.150. The first-order valence-electron chi connectivity index (χ1n) is 8.39. The highest BCUT2D eigenvalue weighted by atomic mass is 16.5. The number of pyridine rings is 2. The quantitative estimate of drug-likeness (QED) is 0.701. The molecule has 0 fully saturated rings. The summed E-state index contributed by atoms with van der Waals surface area (Å²) < 4.78 is 5.74. The van der Waals surface area contributed by atoms with E-state index in [1.807, 2.05) is 30.3 Å². The molecule has 0 bridgehead atoms. The molecule has 3 rings (SSSR count). The summed E-state index contributed by atoms with van der Waals surface area (Å²) >= 11 is 0. The molecule has 0 unspecified atom stereocenters. The van der Waals surface area contributed by atoms with Crippen LogP contribution in [0.3, 0.4) is 0 Å².